The molecule has 108 valence electrons. The van der Waals surface area contributed by atoms with Gasteiger partial charge in [-0.15, -0.1) is 5.10 Å². The van der Waals surface area contributed by atoms with Crippen molar-refractivity contribution in [3.05, 3.63) is 48.0 Å². The van der Waals surface area contributed by atoms with Gasteiger partial charge in [0.2, 0.25) is 5.16 Å². The van der Waals surface area contributed by atoms with Gasteiger partial charge in [0.1, 0.15) is 11.4 Å². The summed E-state index contributed by atoms with van der Waals surface area (Å²) >= 11 is 1.42. The molecule has 6 nitrogen and oxygen atoms in total. The molecule has 3 aromatic heterocycles. The molecule has 0 amide bonds. The highest BCUT2D eigenvalue weighted by Crippen LogP contribution is 2.30. The molecule has 0 radical (unpaired) electrons. The van der Waals surface area contributed by atoms with Gasteiger partial charge in [0, 0.05) is 17.8 Å². The van der Waals surface area contributed by atoms with Gasteiger partial charge in [0.15, 0.2) is 0 Å². The molecule has 0 aliphatic carbocycles. The highest BCUT2D eigenvalue weighted by Gasteiger charge is 2.11. The first-order chi connectivity index (χ1) is 10.7. The van der Waals surface area contributed by atoms with E-state index in [0.717, 1.165) is 15.9 Å². The zero-order chi connectivity index (χ0) is 15.1. The van der Waals surface area contributed by atoms with E-state index in [4.69, 9.17) is 0 Å². The molecule has 0 fully saturated rings. The van der Waals surface area contributed by atoms with Crippen LogP contribution in [0, 0.1) is 13.8 Å². The standard InChI is InChI=1S/C15H12N6S/c1-9-6-11-12(7-10(9)2)17-8-18-13(11)22-15-19-14-16-4-3-5-21(14)20-15/h3-8H,1-2H3. The Kier molecular flexibility index (Phi) is 3.00. The number of aryl methyl sites for hydroxylation is 2. The second-order valence-electron chi connectivity index (χ2n) is 4.99. The summed E-state index contributed by atoms with van der Waals surface area (Å²) < 4.78 is 1.65. The van der Waals surface area contributed by atoms with Crippen LogP contribution in [0.15, 0.2) is 47.1 Å². The zero-order valence-electron chi connectivity index (χ0n) is 12.1. The summed E-state index contributed by atoms with van der Waals surface area (Å²) in [7, 11) is 0. The van der Waals surface area contributed by atoms with Gasteiger partial charge in [-0.1, -0.05) is 0 Å². The van der Waals surface area contributed by atoms with Crippen molar-refractivity contribution in [2.75, 3.05) is 0 Å². The van der Waals surface area contributed by atoms with Crippen LogP contribution in [0.5, 0.6) is 0 Å². The Hall–Kier alpha value is -2.54. The van der Waals surface area contributed by atoms with Crippen LogP contribution in [0.25, 0.3) is 16.7 Å². The number of benzene rings is 1. The molecule has 4 aromatic rings. The van der Waals surface area contributed by atoms with Gasteiger partial charge < -0.3 is 0 Å². The zero-order valence-corrected chi connectivity index (χ0v) is 12.9. The van der Waals surface area contributed by atoms with Crippen molar-refractivity contribution in [2.24, 2.45) is 0 Å². The van der Waals surface area contributed by atoms with E-state index in [1.165, 1.54) is 22.9 Å². The minimum absolute atomic E-state index is 0.579. The van der Waals surface area contributed by atoms with Crippen LogP contribution >= 0.6 is 11.8 Å². The van der Waals surface area contributed by atoms with Crippen LogP contribution in [0.3, 0.4) is 0 Å². The molecular formula is C15H12N6S. The number of nitrogens with zero attached hydrogens (tertiary/aromatic N) is 6. The molecule has 7 heteroatoms. The summed E-state index contributed by atoms with van der Waals surface area (Å²) in [6.45, 7) is 4.17. The number of aromatic nitrogens is 6. The molecule has 22 heavy (non-hydrogen) atoms. The van der Waals surface area contributed by atoms with E-state index in [2.05, 4.69) is 51.0 Å². The Morgan fingerprint density at radius 3 is 2.77 bits per heavy atom. The fourth-order valence-electron chi connectivity index (χ4n) is 2.22. The molecule has 0 unspecified atom stereocenters. The maximum absolute atomic E-state index is 4.40. The maximum atomic E-state index is 4.40. The minimum Gasteiger partial charge on any atom is -0.236 e. The number of hydrogen-bond donors (Lipinski definition) is 0. The maximum Gasteiger partial charge on any atom is 0.253 e. The molecule has 0 aliphatic heterocycles. The minimum atomic E-state index is 0.579. The second-order valence-corrected chi connectivity index (χ2v) is 5.95. The molecule has 0 spiro atoms. The van der Waals surface area contributed by atoms with Crippen LogP contribution in [0.4, 0.5) is 0 Å². The fourth-order valence-corrected chi connectivity index (χ4v) is 3.02. The molecule has 3 heterocycles. The van der Waals surface area contributed by atoms with Crippen molar-refractivity contribution in [3.8, 4) is 0 Å². The first-order valence-electron chi connectivity index (χ1n) is 6.78. The van der Waals surface area contributed by atoms with Gasteiger partial charge >= 0.3 is 0 Å². The van der Waals surface area contributed by atoms with Crippen LogP contribution in [0.2, 0.25) is 0 Å². The topological polar surface area (TPSA) is 68.9 Å². The SMILES string of the molecule is Cc1cc2ncnc(Sc3nc4ncccn4n3)c2cc1C. The van der Waals surface area contributed by atoms with Gasteiger partial charge in [-0.05, 0) is 54.9 Å². The molecule has 1 aromatic carbocycles. The Morgan fingerprint density at radius 1 is 1.05 bits per heavy atom. The van der Waals surface area contributed by atoms with Gasteiger partial charge in [0.05, 0.1) is 5.52 Å². The summed E-state index contributed by atoms with van der Waals surface area (Å²) in [5, 5.41) is 6.89. The molecular weight excluding hydrogens is 296 g/mol. The average molecular weight is 308 g/mol. The molecule has 0 N–H and O–H groups in total. The molecule has 0 saturated carbocycles. The van der Waals surface area contributed by atoms with Gasteiger partial charge in [-0.2, -0.15) is 4.98 Å². The normalized spacial score (nSPS) is 11.4. The van der Waals surface area contributed by atoms with Crippen molar-refractivity contribution in [2.45, 2.75) is 24.0 Å². The van der Waals surface area contributed by atoms with Gasteiger partial charge in [-0.25, -0.2) is 19.5 Å². The van der Waals surface area contributed by atoms with E-state index in [1.807, 2.05) is 12.3 Å². The van der Waals surface area contributed by atoms with Gasteiger partial charge in [-0.3, -0.25) is 0 Å². The summed E-state index contributed by atoms with van der Waals surface area (Å²) in [5.41, 5.74) is 3.37. The van der Waals surface area contributed by atoms with Crippen molar-refractivity contribution >= 4 is 28.4 Å². The van der Waals surface area contributed by atoms with E-state index < -0.39 is 0 Å². The van der Waals surface area contributed by atoms with Crippen LogP contribution in [-0.4, -0.2) is 29.5 Å². The molecule has 0 saturated heterocycles. The highest BCUT2D eigenvalue weighted by molar-refractivity contribution is 7.99. The van der Waals surface area contributed by atoms with E-state index >= 15 is 0 Å². The number of rotatable bonds is 2. The molecule has 0 atom stereocenters. The first-order valence-corrected chi connectivity index (χ1v) is 7.59. The third-order valence-electron chi connectivity index (χ3n) is 3.50. The van der Waals surface area contributed by atoms with E-state index in [1.54, 1.807) is 17.0 Å². The summed E-state index contributed by atoms with van der Waals surface area (Å²) in [6.07, 6.45) is 5.10. The van der Waals surface area contributed by atoms with E-state index in [9.17, 15) is 0 Å². The lowest BCUT2D eigenvalue weighted by Crippen LogP contribution is -1.91. The lowest BCUT2D eigenvalue weighted by Gasteiger charge is -2.05. The quantitative estimate of drug-likeness (QED) is 0.530. The van der Waals surface area contributed by atoms with Crippen molar-refractivity contribution in [1.29, 1.82) is 0 Å². The number of fused-ring (bicyclic) bond motifs is 2. The molecule has 0 aliphatic rings. The van der Waals surface area contributed by atoms with Crippen LogP contribution in [0.1, 0.15) is 11.1 Å². The van der Waals surface area contributed by atoms with Gasteiger partial charge in [0.25, 0.3) is 5.78 Å². The first kappa shape index (κ1) is 13.1. The molecule has 4 rings (SSSR count). The number of hydrogen-bond acceptors (Lipinski definition) is 6. The fraction of sp³-hybridized carbons (Fsp3) is 0.133. The predicted octanol–water partition coefficient (Wildman–Crippen LogP) is 2.84. The Balaban J connectivity index is 1.82. The summed E-state index contributed by atoms with van der Waals surface area (Å²) in [4.78, 5) is 17.3. The van der Waals surface area contributed by atoms with Crippen molar-refractivity contribution in [3.63, 3.8) is 0 Å². The molecule has 0 bridgehead atoms. The smallest absolute Gasteiger partial charge is 0.236 e. The third kappa shape index (κ3) is 2.19. The summed E-state index contributed by atoms with van der Waals surface area (Å²) in [5.74, 6) is 0.579. The Labute approximate surface area is 130 Å². The predicted molar refractivity (Wildman–Crippen MR) is 83.9 cm³/mol. The highest BCUT2D eigenvalue weighted by atomic mass is 32.2. The lowest BCUT2D eigenvalue weighted by atomic mass is 10.1. The van der Waals surface area contributed by atoms with Crippen LogP contribution < -0.4 is 0 Å². The lowest BCUT2D eigenvalue weighted by molar-refractivity contribution is 0.878. The average Bonchev–Trinajstić information content (AvgIpc) is 2.91. The van der Waals surface area contributed by atoms with Crippen molar-refractivity contribution < 1.29 is 0 Å². The van der Waals surface area contributed by atoms with Crippen LogP contribution in [-0.2, 0) is 0 Å². The Bertz CT molecular complexity index is 961. The second kappa shape index (κ2) is 5.03. The third-order valence-corrected chi connectivity index (χ3v) is 4.37. The largest absolute Gasteiger partial charge is 0.253 e. The van der Waals surface area contributed by atoms with E-state index in [0.29, 0.717) is 10.9 Å². The Morgan fingerprint density at radius 2 is 1.91 bits per heavy atom. The summed E-state index contributed by atoms with van der Waals surface area (Å²) in [6, 6.07) is 6.01. The monoisotopic (exact) mass is 308 g/mol. The van der Waals surface area contributed by atoms with Crippen molar-refractivity contribution in [1.82, 2.24) is 29.5 Å². The van der Waals surface area contributed by atoms with E-state index in [-0.39, 0.29) is 0 Å².